The summed E-state index contributed by atoms with van der Waals surface area (Å²) in [5.74, 6) is 0.133. The van der Waals surface area contributed by atoms with E-state index in [0.29, 0.717) is 39.8 Å². The SMILES string of the molecule is Cc1cc(C)n(Cc2cccc(NC(=O)c3c(-c4ccccc4Cl)noc3C)c2)n1. The Kier molecular flexibility index (Phi) is 5.42. The van der Waals surface area contributed by atoms with Crippen LogP contribution in [0.3, 0.4) is 0 Å². The zero-order valence-corrected chi connectivity index (χ0v) is 17.7. The first-order chi connectivity index (χ1) is 14.4. The van der Waals surface area contributed by atoms with Gasteiger partial charge in [-0.3, -0.25) is 9.48 Å². The molecular formula is C23H21ClN4O2. The van der Waals surface area contributed by atoms with Crippen molar-refractivity contribution in [2.45, 2.75) is 27.3 Å². The average Bonchev–Trinajstić information content (AvgIpc) is 3.24. The maximum atomic E-state index is 13.1. The summed E-state index contributed by atoms with van der Waals surface area (Å²) < 4.78 is 7.24. The van der Waals surface area contributed by atoms with Gasteiger partial charge >= 0.3 is 0 Å². The maximum absolute atomic E-state index is 13.1. The zero-order valence-electron chi connectivity index (χ0n) is 16.9. The van der Waals surface area contributed by atoms with Gasteiger partial charge in [0, 0.05) is 16.9 Å². The number of carbonyl (C=O) groups is 1. The van der Waals surface area contributed by atoms with E-state index >= 15 is 0 Å². The van der Waals surface area contributed by atoms with E-state index in [9.17, 15) is 4.79 Å². The molecule has 0 saturated heterocycles. The number of amides is 1. The summed E-state index contributed by atoms with van der Waals surface area (Å²) in [6.07, 6.45) is 0. The fraction of sp³-hybridized carbons (Fsp3) is 0.174. The first-order valence-electron chi connectivity index (χ1n) is 9.55. The molecule has 6 nitrogen and oxygen atoms in total. The third kappa shape index (κ3) is 4.00. The van der Waals surface area contributed by atoms with Crippen molar-refractivity contribution in [2.24, 2.45) is 0 Å². The molecule has 1 amide bonds. The Bertz CT molecular complexity index is 1230. The maximum Gasteiger partial charge on any atom is 0.261 e. The van der Waals surface area contributed by atoms with Crippen LogP contribution in [0, 0.1) is 20.8 Å². The van der Waals surface area contributed by atoms with Crippen LogP contribution in [0.2, 0.25) is 5.02 Å². The molecule has 30 heavy (non-hydrogen) atoms. The van der Waals surface area contributed by atoms with Gasteiger partial charge in [-0.2, -0.15) is 5.10 Å². The van der Waals surface area contributed by atoms with Crippen LogP contribution in [-0.4, -0.2) is 20.8 Å². The standard InChI is InChI=1S/C23H21ClN4O2/c1-14-11-15(2)28(26-14)13-17-7-6-8-18(12-17)25-23(29)21-16(3)30-27-22(21)19-9-4-5-10-20(19)24/h4-12H,13H2,1-3H3,(H,25,29). The van der Waals surface area contributed by atoms with E-state index < -0.39 is 0 Å². The van der Waals surface area contributed by atoms with Crippen LogP contribution in [-0.2, 0) is 6.54 Å². The molecule has 2 aromatic heterocycles. The van der Waals surface area contributed by atoms with E-state index in [-0.39, 0.29) is 5.91 Å². The molecule has 4 aromatic rings. The molecule has 0 atom stereocenters. The number of carbonyl (C=O) groups excluding carboxylic acids is 1. The number of nitrogens with one attached hydrogen (secondary N) is 1. The summed E-state index contributed by atoms with van der Waals surface area (Å²) in [6.45, 7) is 6.33. The quantitative estimate of drug-likeness (QED) is 0.468. The topological polar surface area (TPSA) is 73.0 Å². The summed E-state index contributed by atoms with van der Waals surface area (Å²) >= 11 is 6.30. The van der Waals surface area contributed by atoms with Crippen molar-refractivity contribution in [3.8, 4) is 11.3 Å². The van der Waals surface area contributed by atoms with Crippen molar-refractivity contribution in [2.75, 3.05) is 5.32 Å². The van der Waals surface area contributed by atoms with Crippen molar-refractivity contribution in [1.29, 1.82) is 0 Å². The number of aryl methyl sites for hydroxylation is 3. The van der Waals surface area contributed by atoms with Gasteiger partial charge in [0.1, 0.15) is 17.0 Å². The van der Waals surface area contributed by atoms with Gasteiger partial charge in [-0.15, -0.1) is 0 Å². The lowest BCUT2D eigenvalue weighted by Crippen LogP contribution is -2.14. The molecule has 1 N–H and O–H groups in total. The van der Waals surface area contributed by atoms with Crippen molar-refractivity contribution < 1.29 is 9.32 Å². The predicted octanol–water partition coefficient (Wildman–Crippen LogP) is 5.42. The second kappa shape index (κ2) is 8.16. The molecule has 4 rings (SSSR count). The number of halogens is 1. The fourth-order valence-corrected chi connectivity index (χ4v) is 3.65. The summed E-state index contributed by atoms with van der Waals surface area (Å²) in [7, 11) is 0. The first-order valence-corrected chi connectivity index (χ1v) is 9.92. The van der Waals surface area contributed by atoms with Gasteiger partial charge in [0.05, 0.1) is 17.3 Å². The van der Waals surface area contributed by atoms with Crippen LogP contribution >= 0.6 is 11.6 Å². The Morgan fingerprint density at radius 2 is 1.90 bits per heavy atom. The minimum absolute atomic E-state index is 0.299. The normalized spacial score (nSPS) is 10.9. The Morgan fingerprint density at radius 1 is 1.10 bits per heavy atom. The largest absolute Gasteiger partial charge is 0.360 e. The third-order valence-electron chi connectivity index (χ3n) is 4.84. The van der Waals surface area contributed by atoms with Crippen molar-refractivity contribution in [1.82, 2.24) is 14.9 Å². The molecule has 0 aliphatic heterocycles. The number of benzene rings is 2. The minimum atomic E-state index is -0.299. The van der Waals surface area contributed by atoms with E-state index in [1.165, 1.54) is 0 Å². The number of hydrogen-bond acceptors (Lipinski definition) is 4. The summed E-state index contributed by atoms with van der Waals surface area (Å²) in [5.41, 5.74) is 5.23. The van der Waals surface area contributed by atoms with Crippen LogP contribution in [0.5, 0.6) is 0 Å². The lowest BCUT2D eigenvalue weighted by Gasteiger charge is -2.09. The van der Waals surface area contributed by atoms with Crippen LogP contribution in [0.25, 0.3) is 11.3 Å². The molecule has 0 aliphatic carbocycles. The highest BCUT2D eigenvalue weighted by molar-refractivity contribution is 6.33. The zero-order chi connectivity index (χ0) is 21.3. The van der Waals surface area contributed by atoms with Crippen molar-refractivity contribution >= 4 is 23.2 Å². The van der Waals surface area contributed by atoms with E-state index in [1.54, 1.807) is 13.0 Å². The molecule has 7 heteroatoms. The Balaban J connectivity index is 1.59. The van der Waals surface area contributed by atoms with E-state index in [2.05, 4.69) is 15.6 Å². The number of anilines is 1. The van der Waals surface area contributed by atoms with Crippen molar-refractivity contribution in [3.63, 3.8) is 0 Å². The van der Waals surface area contributed by atoms with Gasteiger partial charge in [0.2, 0.25) is 0 Å². The van der Waals surface area contributed by atoms with Crippen molar-refractivity contribution in [3.05, 3.63) is 87.9 Å². The highest BCUT2D eigenvalue weighted by Crippen LogP contribution is 2.31. The van der Waals surface area contributed by atoms with Crippen LogP contribution in [0.1, 0.15) is 33.1 Å². The second-order valence-electron chi connectivity index (χ2n) is 7.18. The lowest BCUT2D eigenvalue weighted by molar-refractivity contribution is 0.102. The van der Waals surface area contributed by atoms with Gasteiger partial charge in [-0.25, -0.2) is 0 Å². The van der Waals surface area contributed by atoms with Crippen LogP contribution in [0.4, 0.5) is 5.69 Å². The lowest BCUT2D eigenvalue weighted by atomic mass is 10.1. The van der Waals surface area contributed by atoms with Gasteiger partial charge < -0.3 is 9.84 Å². The van der Waals surface area contributed by atoms with Gasteiger partial charge in [-0.1, -0.05) is 47.1 Å². The Hall–Kier alpha value is -3.38. The number of hydrogen-bond donors (Lipinski definition) is 1. The molecule has 0 radical (unpaired) electrons. The number of aromatic nitrogens is 3. The van der Waals surface area contributed by atoms with E-state index in [4.69, 9.17) is 16.1 Å². The molecule has 0 unspecified atom stereocenters. The average molecular weight is 421 g/mol. The highest BCUT2D eigenvalue weighted by atomic mass is 35.5. The minimum Gasteiger partial charge on any atom is -0.360 e. The summed E-state index contributed by atoms with van der Waals surface area (Å²) in [6, 6.07) is 17.0. The molecule has 0 saturated carbocycles. The highest BCUT2D eigenvalue weighted by Gasteiger charge is 2.23. The van der Waals surface area contributed by atoms with Crippen LogP contribution < -0.4 is 5.32 Å². The molecule has 2 heterocycles. The Labute approximate surface area is 179 Å². The smallest absolute Gasteiger partial charge is 0.261 e. The fourth-order valence-electron chi connectivity index (χ4n) is 3.43. The molecule has 2 aromatic carbocycles. The number of rotatable bonds is 5. The second-order valence-corrected chi connectivity index (χ2v) is 7.59. The predicted molar refractivity (Wildman–Crippen MR) is 117 cm³/mol. The summed E-state index contributed by atoms with van der Waals surface area (Å²) in [5, 5.41) is 12.0. The molecule has 0 bridgehead atoms. The molecular weight excluding hydrogens is 400 g/mol. The third-order valence-corrected chi connectivity index (χ3v) is 5.17. The molecule has 152 valence electrons. The monoisotopic (exact) mass is 420 g/mol. The van der Waals surface area contributed by atoms with E-state index in [0.717, 1.165) is 17.0 Å². The van der Waals surface area contributed by atoms with Gasteiger partial charge in [0.25, 0.3) is 5.91 Å². The first kappa shape index (κ1) is 19.9. The number of nitrogens with zero attached hydrogens (tertiary/aromatic N) is 3. The van der Waals surface area contributed by atoms with E-state index in [1.807, 2.05) is 67.1 Å². The van der Waals surface area contributed by atoms with Crippen LogP contribution in [0.15, 0.2) is 59.1 Å². The van der Waals surface area contributed by atoms with Gasteiger partial charge in [-0.05, 0) is 50.6 Å². The Morgan fingerprint density at radius 3 is 2.63 bits per heavy atom. The molecule has 0 aliphatic rings. The molecule has 0 spiro atoms. The van der Waals surface area contributed by atoms with Gasteiger partial charge in [0.15, 0.2) is 0 Å². The summed E-state index contributed by atoms with van der Waals surface area (Å²) in [4.78, 5) is 13.1. The molecule has 0 fully saturated rings.